The van der Waals surface area contributed by atoms with Crippen LogP contribution in [0.3, 0.4) is 0 Å². The highest BCUT2D eigenvalue weighted by Gasteiger charge is 2.31. The van der Waals surface area contributed by atoms with Crippen molar-refractivity contribution in [2.45, 2.75) is 19.4 Å². The fourth-order valence-electron chi connectivity index (χ4n) is 2.56. The minimum absolute atomic E-state index is 0. The van der Waals surface area contributed by atoms with Crippen LogP contribution in [0.2, 0.25) is 0 Å². The molecule has 0 amide bonds. The Kier molecular flexibility index (Phi) is 9.13. The highest BCUT2D eigenvalue weighted by atomic mass is 35.5. The minimum Gasteiger partial charge on any atom is -0.497 e. The molecule has 0 radical (unpaired) electrons. The summed E-state index contributed by atoms with van der Waals surface area (Å²) in [5, 5.41) is 3.19. The van der Waals surface area contributed by atoms with Gasteiger partial charge in [0, 0.05) is 26.2 Å². The number of rotatable bonds is 4. The zero-order chi connectivity index (χ0) is 13.8. The zero-order valence-corrected chi connectivity index (χ0v) is 13.8. The fraction of sp³-hybridized carbons (Fsp3) is 0.571. The van der Waals surface area contributed by atoms with Gasteiger partial charge in [0.25, 0.3) is 6.43 Å². The van der Waals surface area contributed by atoms with Crippen LogP contribution in [0.4, 0.5) is 8.78 Å². The third-order valence-corrected chi connectivity index (χ3v) is 3.58. The van der Waals surface area contributed by atoms with E-state index < -0.39 is 12.5 Å². The maximum atomic E-state index is 13.4. The van der Waals surface area contributed by atoms with Gasteiger partial charge in [0.2, 0.25) is 0 Å². The van der Waals surface area contributed by atoms with Crippen LogP contribution >= 0.6 is 24.8 Å². The molecule has 0 aromatic heterocycles. The number of alkyl halides is 2. The Bertz CT molecular complexity index is 429. The van der Waals surface area contributed by atoms with Crippen molar-refractivity contribution in [1.82, 2.24) is 10.2 Å². The van der Waals surface area contributed by atoms with Crippen LogP contribution < -0.4 is 10.1 Å². The van der Waals surface area contributed by atoms with Gasteiger partial charge in [0.1, 0.15) is 5.75 Å². The molecule has 1 saturated heterocycles. The molecule has 0 saturated carbocycles. The van der Waals surface area contributed by atoms with Crippen LogP contribution in [0.15, 0.2) is 18.2 Å². The predicted octanol–water partition coefficient (Wildman–Crippen LogP) is 3.06. The lowest BCUT2D eigenvalue weighted by atomic mass is 9.99. The van der Waals surface area contributed by atoms with E-state index in [-0.39, 0.29) is 24.8 Å². The number of benzene rings is 1. The van der Waals surface area contributed by atoms with Crippen molar-refractivity contribution in [2.75, 3.05) is 33.3 Å². The summed E-state index contributed by atoms with van der Waals surface area (Å²) in [6.45, 7) is 4.69. The van der Waals surface area contributed by atoms with Crippen molar-refractivity contribution < 1.29 is 13.5 Å². The number of ether oxygens (including phenoxy) is 1. The molecular formula is C14H22Cl2F2N2O. The zero-order valence-electron chi connectivity index (χ0n) is 12.1. The SMILES string of the molecule is COc1ccc([C@@H](C(F)F)N2CCNCC2)c(C)c1.Cl.Cl. The van der Waals surface area contributed by atoms with Gasteiger partial charge in [-0.25, -0.2) is 8.78 Å². The molecule has 0 bridgehead atoms. The number of piperazine rings is 1. The summed E-state index contributed by atoms with van der Waals surface area (Å²) >= 11 is 0. The lowest BCUT2D eigenvalue weighted by Gasteiger charge is -2.35. The number of halogens is 4. The molecule has 21 heavy (non-hydrogen) atoms. The van der Waals surface area contributed by atoms with Crippen molar-refractivity contribution in [1.29, 1.82) is 0 Å². The topological polar surface area (TPSA) is 24.5 Å². The molecule has 7 heteroatoms. The van der Waals surface area contributed by atoms with Crippen molar-refractivity contribution in [3.05, 3.63) is 29.3 Å². The fourth-order valence-corrected chi connectivity index (χ4v) is 2.56. The van der Waals surface area contributed by atoms with Crippen LogP contribution in [0.25, 0.3) is 0 Å². The number of methoxy groups -OCH3 is 1. The summed E-state index contributed by atoms with van der Waals surface area (Å²) in [5.41, 5.74) is 1.54. The van der Waals surface area contributed by atoms with Gasteiger partial charge in [0.05, 0.1) is 13.2 Å². The molecule has 3 nitrogen and oxygen atoms in total. The van der Waals surface area contributed by atoms with Crippen LogP contribution in [-0.2, 0) is 0 Å². The van der Waals surface area contributed by atoms with E-state index in [0.29, 0.717) is 24.4 Å². The average molecular weight is 343 g/mol. The maximum Gasteiger partial charge on any atom is 0.258 e. The van der Waals surface area contributed by atoms with Crippen LogP contribution in [0.1, 0.15) is 17.2 Å². The number of aryl methyl sites for hydroxylation is 1. The smallest absolute Gasteiger partial charge is 0.258 e. The Hall–Kier alpha value is -0.620. The Morgan fingerprint density at radius 3 is 2.29 bits per heavy atom. The second kappa shape index (κ2) is 9.41. The van der Waals surface area contributed by atoms with Gasteiger partial charge >= 0.3 is 0 Å². The predicted molar refractivity (Wildman–Crippen MR) is 85.4 cm³/mol. The van der Waals surface area contributed by atoms with E-state index in [1.807, 2.05) is 17.9 Å². The summed E-state index contributed by atoms with van der Waals surface area (Å²) in [7, 11) is 1.58. The number of nitrogens with zero attached hydrogens (tertiary/aromatic N) is 1. The largest absolute Gasteiger partial charge is 0.497 e. The van der Waals surface area contributed by atoms with Crippen molar-refractivity contribution in [2.24, 2.45) is 0 Å². The van der Waals surface area contributed by atoms with Crippen LogP contribution in [0.5, 0.6) is 5.75 Å². The minimum atomic E-state index is -2.38. The molecule has 0 spiro atoms. The van der Waals surface area contributed by atoms with Gasteiger partial charge in [-0.15, -0.1) is 24.8 Å². The summed E-state index contributed by atoms with van der Waals surface area (Å²) in [6.07, 6.45) is -2.38. The van der Waals surface area contributed by atoms with Gasteiger partial charge < -0.3 is 10.1 Å². The molecule has 1 atom stereocenters. The van der Waals surface area contributed by atoms with E-state index in [9.17, 15) is 8.78 Å². The van der Waals surface area contributed by atoms with E-state index in [2.05, 4.69) is 5.32 Å². The van der Waals surface area contributed by atoms with Gasteiger partial charge in [0.15, 0.2) is 0 Å². The van der Waals surface area contributed by atoms with E-state index in [1.165, 1.54) is 0 Å². The molecule has 0 unspecified atom stereocenters. The molecular weight excluding hydrogens is 321 g/mol. The molecule has 1 heterocycles. The first kappa shape index (κ1) is 20.4. The first-order valence-electron chi connectivity index (χ1n) is 6.51. The monoisotopic (exact) mass is 342 g/mol. The molecule has 122 valence electrons. The molecule has 1 N–H and O–H groups in total. The highest BCUT2D eigenvalue weighted by molar-refractivity contribution is 5.85. The Morgan fingerprint density at radius 2 is 1.81 bits per heavy atom. The van der Waals surface area contributed by atoms with Crippen LogP contribution in [0, 0.1) is 6.92 Å². The normalized spacial score (nSPS) is 16.8. The van der Waals surface area contributed by atoms with E-state index in [4.69, 9.17) is 4.74 Å². The third kappa shape index (κ3) is 4.95. The van der Waals surface area contributed by atoms with E-state index >= 15 is 0 Å². The van der Waals surface area contributed by atoms with Crippen molar-refractivity contribution in [3.63, 3.8) is 0 Å². The number of nitrogens with one attached hydrogen (secondary N) is 1. The first-order chi connectivity index (χ1) is 9.13. The lowest BCUT2D eigenvalue weighted by molar-refractivity contribution is 0.0178. The van der Waals surface area contributed by atoms with Gasteiger partial charge in [-0.05, 0) is 30.2 Å². The Morgan fingerprint density at radius 1 is 1.19 bits per heavy atom. The summed E-state index contributed by atoms with van der Waals surface area (Å²) < 4.78 is 32.0. The molecule has 1 aromatic carbocycles. The lowest BCUT2D eigenvalue weighted by Crippen LogP contribution is -2.47. The highest BCUT2D eigenvalue weighted by Crippen LogP contribution is 2.31. The van der Waals surface area contributed by atoms with E-state index in [1.54, 1.807) is 19.2 Å². The standard InChI is InChI=1S/C14H20F2N2O.2ClH/c1-10-9-11(19-2)3-4-12(10)13(14(15)16)18-7-5-17-6-8-18;;/h3-4,9,13-14,17H,5-8H2,1-2H3;2*1H/t13-;;/m0../s1. The molecule has 1 aliphatic rings. The molecule has 1 aromatic rings. The van der Waals surface area contributed by atoms with E-state index in [0.717, 1.165) is 18.7 Å². The molecule has 0 aliphatic carbocycles. The maximum absolute atomic E-state index is 13.4. The average Bonchev–Trinajstić information content (AvgIpc) is 2.41. The summed E-state index contributed by atoms with van der Waals surface area (Å²) in [5.74, 6) is 0.703. The first-order valence-corrected chi connectivity index (χ1v) is 6.51. The number of hydrogen-bond acceptors (Lipinski definition) is 3. The molecule has 2 rings (SSSR count). The molecule has 1 fully saturated rings. The van der Waals surface area contributed by atoms with Gasteiger partial charge in [-0.2, -0.15) is 0 Å². The Labute approximate surface area is 136 Å². The Balaban J connectivity index is 0.00000200. The summed E-state index contributed by atoms with van der Waals surface area (Å²) in [6, 6.07) is 4.49. The third-order valence-electron chi connectivity index (χ3n) is 3.58. The quantitative estimate of drug-likeness (QED) is 0.910. The van der Waals surface area contributed by atoms with Gasteiger partial charge in [-0.1, -0.05) is 6.07 Å². The summed E-state index contributed by atoms with van der Waals surface area (Å²) in [4.78, 5) is 1.86. The van der Waals surface area contributed by atoms with Crippen LogP contribution in [-0.4, -0.2) is 44.6 Å². The second-order valence-corrected chi connectivity index (χ2v) is 4.79. The second-order valence-electron chi connectivity index (χ2n) is 4.79. The number of hydrogen-bond donors (Lipinski definition) is 1. The van der Waals surface area contributed by atoms with Crippen molar-refractivity contribution >= 4 is 24.8 Å². The molecule has 1 aliphatic heterocycles. The van der Waals surface area contributed by atoms with Crippen molar-refractivity contribution in [3.8, 4) is 5.75 Å². The van der Waals surface area contributed by atoms with Gasteiger partial charge in [-0.3, -0.25) is 4.90 Å².